The molecule has 1 aromatic carbocycles. The third kappa shape index (κ3) is 5.15. The molecule has 146 valence electrons. The highest BCUT2D eigenvalue weighted by atomic mass is 16.2. The monoisotopic (exact) mass is 372 g/mol. The Kier molecular flexibility index (Phi) is 7.52. The van der Waals surface area contributed by atoms with E-state index in [-0.39, 0.29) is 23.1 Å². The Hall–Kier alpha value is -2.70. The lowest BCUT2D eigenvalue weighted by atomic mass is 10.1. The molecular weight excluding hydrogens is 344 g/mol. The molecular formula is C20H28N4O3. The van der Waals surface area contributed by atoms with Gasteiger partial charge in [-0.1, -0.05) is 58.2 Å². The number of hydrogen-bond donors (Lipinski definition) is 2. The Morgan fingerprint density at radius 2 is 1.78 bits per heavy atom. The van der Waals surface area contributed by atoms with Crippen molar-refractivity contribution in [1.82, 2.24) is 20.6 Å². The maximum Gasteiger partial charge on any atom is 0.290 e. The second-order valence-electron chi connectivity index (χ2n) is 6.76. The molecule has 0 saturated heterocycles. The van der Waals surface area contributed by atoms with Crippen LogP contribution in [0, 0.1) is 5.92 Å². The number of nitrogens with one attached hydrogen (secondary N) is 2. The molecule has 1 aromatic heterocycles. The van der Waals surface area contributed by atoms with Gasteiger partial charge in [0.05, 0.1) is 5.39 Å². The molecule has 1 heterocycles. The van der Waals surface area contributed by atoms with Crippen molar-refractivity contribution < 1.29 is 9.59 Å². The normalized spacial score (nSPS) is 12.0. The number of carbonyl (C=O) groups excluding carboxylic acids is 2. The van der Waals surface area contributed by atoms with Gasteiger partial charge in [0.2, 0.25) is 5.91 Å². The van der Waals surface area contributed by atoms with Crippen LogP contribution in [0.3, 0.4) is 0 Å². The predicted molar refractivity (Wildman–Crippen MR) is 105 cm³/mol. The van der Waals surface area contributed by atoms with Crippen LogP contribution in [-0.2, 0) is 11.3 Å². The van der Waals surface area contributed by atoms with Crippen LogP contribution in [0.2, 0.25) is 0 Å². The van der Waals surface area contributed by atoms with Crippen LogP contribution in [0.25, 0.3) is 10.8 Å². The number of benzene rings is 1. The summed E-state index contributed by atoms with van der Waals surface area (Å²) in [7, 11) is 0. The largest absolute Gasteiger partial charge is 0.290 e. The smallest absolute Gasteiger partial charge is 0.273 e. The Labute approximate surface area is 159 Å². The molecule has 0 spiro atoms. The highest BCUT2D eigenvalue weighted by Gasteiger charge is 2.18. The molecule has 0 bridgehead atoms. The minimum absolute atomic E-state index is 0.130. The third-order valence-corrected chi connectivity index (χ3v) is 4.52. The predicted octanol–water partition coefficient (Wildman–Crippen LogP) is 2.78. The number of nitrogens with zero attached hydrogens (tertiary/aromatic N) is 2. The number of aryl methyl sites for hydroxylation is 1. The van der Waals surface area contributed by atoms with E-state index in [0.29, 0.717) is 17.3 Å². The summed E-state index contributed by atoms with van der Waals surface area (Å²) >= 11 is 0. The molecule has 27 heavy (non-hydrogen) atoms. The average Bonchev–Trinajstić information content (AvgIpc) is 2.68. The third-order valence-electron chi connectivity index (χ3n) is 4.52. The fourth-order valence-electron chi connectivity index (χ4n) is 2.93. The van der Waals surface area contributed by atoms with Gasteiger partial charge in [-0.15, -0.1) is 0 Å². The summed E-state index contributed by atoms with van der Waals surface area (Å²) in [5.74, 6) is -0.971. The Morgan fingerprint density at radius 3 is 2.44 bits per heavy atom. The van der Waals surface area contributed by atoms with Crippen molar-refractivity contribution in [2.24, 2.45) is 5.92 Å². The van der Waals surface area contributed by atoms with E-state index in [1.807, 2.05) is 13.8 Å². The van der Waals surface area contributed by atoms with Crippen LogP contribution in [0.4, 0.5) is 0 Å². The van der Waals surface area contributed by atoms with E-state index in [9.17, 15) is 14.4 Å². The zero-order chi connectivity index (χ0) is 19.8. The number of hydrogen-bond acceptors (Lipinski definition) is 4. The molecule has 0 aliphatic carbocycles. The molecule has 1 unspecified atom stereocenters. The number of aromatic nitrogens is 2. The van der Waals surface area contributed by atoms with Crippen LogP contribution < -0.4 is 16.4 Å². The summed E-state index contributed by atoms with van der Waals surface area (Å²) in [6.45, 7) is 6.35. The minimum atomic E-state index is -0.535. The SMILES string of the molecule is CCCCCn1nc(C(=O)NNC(=O)C(C)CCC)c2ccccc2c1=O. The van der Waals surface area contributed by atoms with Gasteiger partial charge in [-0.05, 0) is 18.9 Å². The van der Waals surface area contributed by atoms with E-state index in [0.717, 1.165) is 32.1 Å². The number of rotatable bonds is 8. The maximum atomic E-state index is 12.6. The standard InChI is InChI=1S/C20H28N4O3/c1-4-6-9-13-24-20(27)16-12-8-7-11-15(16)17(23-24)19(26)22-21-18(25)14(3)10-5-2/h7-8,11-12,14H,4-6,9-10,13H2,1-3H3,(H,21,25)(H,22,26). The lowest BCUT2D eigenvalue weighted by Gasteiger charge is -2.14. The molecule has 7 heteroatoms. The molecule has 0 saturated carbocycles. The Balaban J connectivity index is 2.27. The first-order valence-electron chi connectivity index (χ1n) is 9.59. The molecule has 2 N–H and O–H groups in total. The molecule has 2 amide bonds. The fourth-order valence-corrected chi connectivity index (χ4v) is 2.93. The maximum absolute atomic E-state index is 12.6. The second-order valence-corrected chi connectivity index (χ2v) is 6.76. The zero-order valence-electron chi connectivity index (χ0n) is 16.2. The quantitative estimate of drug-likeness (QED) is 0.550. The zero-order valence-corrected chi connectivity index (χ0v) is 16.2. The molecule has 0 radical (unpaired) electrons. The molecule has 0 aliphatic heterocycles. The van der Waals surface area contributed by atoms with Gasteiger partial charge < -0.3 is 0 Å². The van der Waals surface area contributed by atoms with E-state index < -0.39 is 5.91 Å². The molecule has 7 nitrogen and oxygen atoms in total. The van der Waals surface area contributed by atoms with Crippen LogP contribution in [0.5, 0.6) is 0 Å². The van der Waals surface area contributed by atoms with Gasteiger partial charge in [-0.2, -0.15) is 5.10 Å². The summed E-state index contributed by atoms with van der Waals surface area (Å²) < 4.78 is 1.34. The van der Waals surface area contributed by atoms with E-state index in [4.69, 9.17) is 0 Å². The number of hydrazine groups is 1. The summed E-state index contributed by atoms with van der Waals surface area (Å²) in [6.07, 6.45) is 4.45. The fraction of sp³-hybridized carbons (Fsp3) is 0.500. The van der Waals surface area contributed by atoms with Crippen molar-refractivity contribution >= 4 is 22.6 Å². The van der Waals surface area contributed by atoms with Gasteiger partial charge in [0.1, 0.15) is 0 Å². The van der Waals surface area contributed by atoms with Crippen molar-refractivity contribution in [2.75, 3.05) is 0 Å². The minimum Gasteiger partial charge on any atom is -0.273 e. The van der Waals surface area contributed by atoms with Gasteiger partial charge in [0.15, 0.2) is 5.69 Å². The number of fused-ring (bicyclic) bond motifs is 1. The molecule has 0 fully saturated rings. The Bertz CT molecular complexity index is 860. The van der Waals surface area contributed by atoms with Gasteiger partial charge in [-0.25, -0.2) is 4.68 Å². The van der Waals surface area contributed by atoms with Gasteiger partial charge in [0, 0.05) is 17.8 Å². The van der Waals surface area contributed by atoms with Crippen LogP contribution in [-0.4, -0.2) is 21.6 Å². The lowest BCUT2D eigenvalue weighted by molar-refractivity contribution is -0.125. The first kappa shape index (κ1) is 20.6. The lowest BCUT2D eigenvalue weighted by Crippen LogP contribution is -2.45. The van der Waals surface area contributed by atoms with Crippen molar-refractivity contribution in [3.05, 3.63) is 40.3 Å². The molecule has 2 rings (SSSR count). The average molecular weight is 372 g/mol. The van der Waals surface area contributed by atoms with Crippen LogP contribution in [0.1, 0.15) is 63.4 Å². The second kappa shape index (κ2) is 9.85. The number of carbonyl (C=O) groups is 2. The Morgan fingerprint density at radius 1 is 1.07 bits per heavy atom. The number of unbranched alkanes of at least 4 members (excludes halogenated alkanes) is 2. The van der Waals surface area contributed by atoms with E-state index in [1.165, 1.54) is 4.68 Å². The first-order valence-corrected chi connectivity index (χ1v) is 9.59. The summed E-state index contributed by atoms with van der Waals surface area (Å²) in [6, 6.07) is 6.89. The topological polar surface area (TPSA) is 93.1 Å². The molecule has 0 aliphatic rings. The summed E-state index contributed by atoms with van der Waals surface area (Å²) in [4.78, 5) is 37.3. The van der Waals surface area contributed by atoms with Gasteiger partial charge >= 0.3 is 0 Å². The highest BCUT2D eigenvalue weighted by Crippen LogP contribution is 2.13. The summed E-state index contributed by atoms with van der Waals surface area (Å²) in [5, 5.41) is 5.19. The van der Waals surface area contributed by atoms with E-state index >= 15 is 0 Å². The molecule has 1 atom stereocenters. The number of amides is 2. The van der Waals surface area contributed by atoms with Gasteiger partial charge in [-0.3, -0.25) is 25.2 Å². The van der Waals surface area contributed by atoms with Crippen LogP contribution in [0.15, 0.2) is 29.1 Å². The van der Waals surface area contributed by atoms with E-state index in [1.54, 1.807) is 24.3 Å². The van der Waals surface area contributed by atoms with Gasteiger partial charge in [0.25, 0.3) is 11.5 Å². The van der Waals surface area contributed by atoms with Crippen molar-refractivity contribution in [3.8, 4) is 0 Å². The van der Waals surface area contributed by atoms with Crippen molar-refractivity contribution in [2.45, 2.75) is 59.4 Å². The molecule has 2 aromatic rings. The van der Waals surface area contributed by atoms with E-state index in [2.05, 4.69) is 22.9 Å². The first-order chi connectivity index (χ1) is 13.0. The van der Waals surface area contributed by atoms with Crippen LogP contribution >= 0.6 is 0 Å². The van der Waals surface area contributed by atoms with Crippen molar-refractivity contribution in [3.63, 3.8) is 0 Å². The highest BCUT2D eigenvalue weighted by molar-refractivity contribution is 6.05. The summed E-state index contributed by atoms with van der Waals surface area (Å²) in [5.41, 5.74) is 4.80. The van der Waals surface area contributed by atoms with Crippen molar-refractivity contribution in [1.29, 1.82) is 0 Å².